The molecule has 5 nitrogen and oxygen atoms in total. The predicted molar refractivity (Wildman–Crippen MR) is 127 cm³/mol. The molecule has 1 aliphatic heterocycles. The van der Waals surface area contributed by atoms with Crippen molar-refractivity contribution >= 4 is 102 Å². The first-order valence-corrected chi connectivity index (χ1v) is 14.1. The standard InChI is InChI=1S/C15H14ClI3N2O3/c1-8(22)21(3)11-5-9(15(24)20-2)4-10(13(16)23)12(11)14-18-6-17-7-19-14/h4-7H,1-3H3,(H,20,24). The van der Waals surface area contributed by atoms with Gasteiger partial charge in [-0.25, -0.2) is 0 Å². The number of benzene rings is 1. The Labute approximate surface area is 174 Å². The van der Waals surface area contributed by atoms with Crippen molar-refractivity contribution in [2.24, 2.45) is 0 Å². The van der Waals surface area contributed by atoms with Crippen LogP contribution in [0, 0.1) is 0 Å². The highest BCUT2D eigenvalue weighted by atomic mass is 127. The number of hydrogen-bond donors (Lipinski definition) is 1. The molecule has 9 heteroatoms. The van der Waals surface area contributed by atoms with Crippen molar-refractivity contribution in [3.63, 3.8) is 0 Å². The topological polar surface area (TPSA) is 66.5 Å². The van der Waals surface area contributed by atoms with Gasteiger partial charge in [0.25, 0.3) is 11.1 Å². The molecule has 0 spiro atoms. The summed E-state index contributed by atoms with van der Waals surface area (Å²) in [7, 11) is 3.17. The molecular formula is C15H14ClI3N2O3. The van der Waals surface area contributed by atoms with E-state index in [0.29, 0.717) is 16.8 Å². The third kappa shape index (κ3) is 4.55. The van der Waals surface area contributed by atoms with Crippen molar-refractivity contribution in [3.8, 4) is 0 Å². The van der Waals surface area contributed by atoms with Crippen LogP contribution in [0.3, 0.4) is 0 Å². The maximum absolute atomic E-state index is 12.1. The average Bonchev–Trinajstić information content (AvgIpc) is 2.59. The lowest BCUT2D eigenvalue weighted by Crippen LogP contribution is -2.27. The van der Waals surface area contributed by atoms with Crippen LogP contribution in [-0.2, 0) is 4.79 Å². The molecular weight excluding hydrogens is 672 g/mol. The summed E-state index contributed by atoms with van der Waals surface area (Å²) >= 11 is 5.39. The SMILES string of the molecule is CNC(=O)c1cc(C(=O)Cl)c(C2=IC=IC=I2)c(N(C)C(C)=O)c1. The normalized spacial score (nSPS) is 13.6. The molecule has 130 valence electrons. The van der Waals surface area contributed by atoms with E-state index in [1.54, 1.807) is 13.1 Å². The van der Waals surface area contributed by atoms with Crippen molar-refractivity contribution in [1.29, 1.82) is 0 Å². The van der Waals surface area contributed by atoms with Gasteiger partial charge in [0.15, 0.2) is 0 Å². The largest absolute Gasteiger partial charge is 0.355 e. The summed E-state index contributed by atoms with van der Waals surface area (Å²) in [6.45, 7) is 1.46. The van der Waals surface area contributed by atoms with Crippen LogP contribution in [0.15, 0.2) is 12.1 Å². The van der Waals surface area contributed by atoms with Crippen LogP contribution in [0.2, 0.25) is 0 Å². The van der Waals surface area contributed by atoms with Gasteiger partial charge in [-0.1, -0.05) is 62.2 Å². The number of nitrogens with zero attached hydrogens (tertiary/aromatic N) is 1. The quantitative estimate of drug-likeness (QED) is 0.391. The molecule has 24 heavy (non-hydrogen) atoms. The molecule has 0 saturated heterocycles. The average molecular weight is 686 g/mol. The summed E-state index contributed by atoms with van der Waals surface area (Å²) in [6.07, 6.45) is 0. The first-order valence-electron chi connectivity index (χ1n) is 6.60. The fourth-order valence-electron chi connectivity index (χ4n) is 1.96. The van der Waals surface area contributed by atoms with Gasteiger partial charge >= 0.3 is 0 Å². The Balaban J connectivity index is 2.82. The maximum atomic E-state index is 12.1. The van der Waals surface area contributed by atoms with E-state index in [9.17, 15) is 14.4 Å². The van der Waals surface area contributed by atoms with Gasteiger partial charge < -0.3 is 10.2 Å². The lowest BCUT2D eigenvalue weighted by molar-refractivity contribution is -0.116. The van der Waals surface area contributed by atoms with Crippen LogP contribution in [0.25, 0.3) is 0 Å². The third-order valence-corrected chi connectivity index (χ3v) is 16.6. The number of carbonyl (C=O) groups is 3. The van der Waals surface area contributed by atoms with E-state index >= 15 is 0 Å². The third-order valence-electron chi connectivity index (χ3n) is 3.21. The lowest BCUT2D eigenvalue weighted by Gasteiger charge is -2.22. The Morgan fingerprint density at radius 1 is 1.21 bits per heavy atom. The summed E-state index contributed by atoms with van der Waals surface area (Å²) in [5.74, 6) is -0.479. The van der Waals surface area contributed by atoms with Crippen LogP contribution >= 0.6 is 73.8 Å². The molecule has 0 radical (unpaired) electrons. The number of halogens is 4. The van der Waals surface area contributed by atoms with E-state index in [2.05, 4.69) is 9.35 Å². The molecule has 1 N–H and O–H groups in total. The molecule has 2 rings (SSSR count). The minimum Gasteiger partial charge on any atom is -0.355 e. The highest BCUT2D eigenvalue weighted by molar-refractivity contribution is 14.3. The molecule has 0 atom stereocenters. The number of carbonyl (C=O) groups excluding carboxylic acids is 3. The summed E-state index contributed by atoms with van der Waals surface area (Å²) in [5, 5.41) is 1.94. The zero-order chi connectivity index (χ0) is 17.9. The Morgan fingerprint density at radius 2 is 1.92 bits per heavy atom. The molecule has 1 aromatic carbocycles. The van der Waals surface area contributed by atoms with Gasteiger partial charge in [-0.05, 0) is 23.7 Å². The summed E-state index contributed by atoms with van der Waals surface area (Å²) in [6, 6.07) is 3.20. The molecule has 1 aliphatic rings. The highest BCUT2D eigenvalue weighted by Gasteiger charge is 2.24. The number of rotatable bonds is 4. The Morgan fingerprint density at radius 3 is 2.42 bits per heavy atom. The van der Waals surface area contributed by atoms with Crippen LogP contribution in [0.4, 0.5) is 5.69 Å². The smallest absolute Gasteiger partial charge is 0.253 e. The fraction of sp³-hybridized carbons (Fsp3) is 0.200. The van der Waals surface area contributed by atoms with Gasteiger partial charge in [0.1, 0.15) is 0 Å². The summed E-state index contributed by atoms with van der Waals surface area (Å²) < 4.78 is 5.96. The number of hydrogen-bond acceptors (Lipinski definition) is 3. The summed E-state index contributed by atoms with van der Waals surface area (Å²) in [5.41, 5.74) is 1.99. The zero-order valence-electron chi connectivity index (χ0n) is 13.0. The minimum absolute atomic E-state index is 0.0761. The fourth-order valence-corrected chi connectivity index (χ4v) is 23.6. The van der Waals surface area contributed by atoms with Crippen molar-refractivity contribution in [2.45, 2.75) is 6.92 Å². The number of amides is 2. The Kier molecular flexibility index (Phi) is 7.61. The van der Waals surface area contributed by atoms with Crippen LogP contribution < -0.4 is 10.2 Å². The van der Waals surface area contributed by atoms with Crippen LogP contribution in [0.1, 0.15) is 33.2 Å². The number of nitrogens with one attached hydrogen (secondary N) is 1. The zero-order valence-corrected chi connectivity index (χ0v) is 20.2. The van der Waals surface area contributed by atoms with E-state index in [1.165, 1.54) is 26.5 Å². The van der Waals surface area contributed by atoms with Gasteiger partial charge in [-0.3, -0.25) is 14.4 Å². The van der Waals surface area contributed by atoms with E-state index < -0.39 is 5.24 Å². The van der Waals surface area contributed by atoms with Crippen molar-refractivity contribution in [3.05, 3.63) is 28.8 Å². The monoisotopic (exact) mass is 686 g/mol. The maximum Gasteiger partial charge on any atom is 0.253 e. The Hall–Kier alpha value is -0.0800. The van der Waals surface area contributed by atoms with Gasteiger partial charge in [0.05, 0.1) is 7.20 Å². The van der Waals surface area contributed by atoms with Crippen molar-refractivity contribution < 1.29 is 14.4 Å². The summed E-state index contributed by atoms with van der Waals surface area (Å²) in [4.78, 5) is 37.5. The molecule has 0 bridgehead atoms. The van der Waals surface area contributed by atoms with Crippen molar-refractivity contribution in [1.82, 2.24) is 5.32 Å². The molecule has 0 aromatic heterocycles. The van der Waals surface area contributed by atoms with Crippen molar-refractivity contribution in [2.75, 3.05) is 19.0 Å². The van der Waals surface area contributed by atoms with Gasteiger partial charge in [0.2, 0.25) is 5.91 Å². The van der Waals surface area contributed by atoms with Gasteiger partial charge in [-0.2, -0.15) is 0 Å². The Bertz CT molecular complexity index is 818. The molecule has 2 amide bonds. The molecule has 1 heterocycles. The second-order valence-corrected chi connectivity index (χ2v) is 18.4. The molecule has 0 fully saturated rings. The molecule has 0 unspecified atom stereocenters. The molecule has 1 aromatic rings. The minimum atomic E-state index is -0.602. The van der Waals surface area contributed by atoms with Gasteiger partial charge in [-0.15, -0.1) is 0 Å². The second-order valence-electron chi connectivity index (χ2n) is 4.62. The van der Waals surface area contributed by atoms with E-state index in [-0.39, 0.29) is 74.0 Å². The second kappa shape index (κ2) is 9.03. The van der Waals surface area contributed by atoms with E-state index in [4.69, 9.17) is 11.6 Å². The number of anilines is 1. The van der Waals surface area contributed by atoms with Crippen LogP contribution in [-0.4, -0.2) is 36.7 Å². The van der Waals surface area contributed by atoms with Gasteiger partial charge in [0, 0.05) is 41.7 Å². The lowest BCUT2D eigenvalue weighted by atomic mass is 10.0. The van der Waals surface area contributed by atoms with E-state index in [1.807, 2.05) is 0 Å². The first-order chi connectivity index (χ1) is 11.4. The first kappa shape index (κ1) is 20.2. The molecule has 0 saturated carbocycles. The van der Waals surface area contributed by atoms with Crippen LogP contribution in [0.5, 0.6) is 0 Å². The predicted octanol–water partition coefficient (Wildman–Crippen LogP) is 3.33. The molecule has 0 aliphatic carbocycles. The highest BCUT2D eigenvalue weighted by Crippen LogP contribution is 2.35. The van der Waals surface area contributed by atoms with E-state index in [0.717, 1.165) is 5.56 Å².